The van der Waals surface area contributed by atoms with E-state index in [1.807, 2.05) is 6.07 Å². The molecule has 0 spiro atoms. The number of nitrogens with one attached hydrogen (secondary N) is 1. The highest BCUT2D eigenvalue weighted by atomic mass is 16.5. The quantitative estimate of drug-likeness (QED) is 0.600. The van der Waals surface area contributed by atoms with Crippen LogP contribution in [0.3, 0.4) is 0 Å². The molecule has 0 saturated carbocycles. The summed E-state index contributed by atoms with van der Waals surface area (Å²) < 4.78 is 9.29. The third kappa shape index (κ3) is 3.78. The first kappa shape index (κ1) is 18.4. The Morgan fingerprint density at radius 2 is 1.68 bits per heavy atom. The van der Waals surface area contributed by atoms with E-state index in [1.165, 1.54) is 11.8 Å². The average molecular weight is 348 g/mol. The van der Waals surface area contributed by atoms with Crippen LogP contribution in [0.2, 0.25) is 0 Å². The van der Waals surface area contributed by atoms with Gasteiger partial charge in [-0.05, 0) is 12.5 Å². The first-order chi connectivity index (χ1) is 11.9. The lowest BCUT2D eigenvalue weighted by Gasteiger charge is -2.27. The second-order valence-corrected chi connectivity index (χ2v) is 5.64. The summed E-state index contributed by atoms with van der Waals surface area (Å²) in [5, 5.41) is 2.41. The Bertz CT molecular complexity index is 675. The SMILES string of the molecule is COC(=O)[C@@H]1C(=O)N(Cc2ccccc2)C(C)C(=O)N[C@H]1C(=O)OC. The summed E-state index contributed by atoms with van der Waals surface area (Å²) in [4.78, 5) is 50.7. The Hall–Kier alpha value is -2.90. The molecule has 0 aliphatic carbocycles. The zero-order valence-electron chi connectivity index (χ0n) is 14.2. The van der Waals surface area contributed by atoms with Gasteiger partial charge >= 0.3 is 11.9 Å². The van der Waals surface area contributed by atoms with Gasteiger partial charge in [-0.3, -0.25) is 14.4 Å². The van der Waals surface area contributed by atoms with E-state index >= 15 is 0 Å². The van der Waals surface area contributed by atoms with Crippen LogP contribution in [-0.2, 0) is 35.2 Å². The van der Waals surface area contributed by atoms with E-state index in [0.717, 1.165) is 19.8 Å². The molecule has 1 N–H and O–H groups in total. The molecular weight excluding hydrogens is 328 g/mol. The van der Waals surface area contributed by atoms with Gasteiger partial charge in [0.25, 0.3) is 0 Å². The second-order valence-electron chi connectivity index (χ2n) is 5.64. The summed E-state index contributed by atoms with van der Waals surface area (Å²) in [5.74, 6) is -4.52. The van der Waals surface area contributed by atoms with Gasteiger partial charge in [-0.1, -0.05) is 30.3 Å². The number of nitrogens with zero attached hydrogens (tertiary/aromatic N) is 1. The maximum atomic E-state index is 13.0. The van der Waals surface area contributed by atoms with Crippen LogP contribution in [0.5, 0.6) is 0 Å². The van der Waals surface area contributed by atoms with Crippen LogP contribution in [0.15, 0.2) is 30.3 Å². The molecular formula is C17H20N2O6. The fourth-order valence-electron chi connectivity index (χ4n) is 2.69. The van der Waals surface area contributed by atoms with Gasteiger partial charge in [0, 0.05) is 6.54 Å². The van der Waals surface area contributed by atoms with Crippen molar-refractivity contribution in [2.24, 2.45) is 5.92 Å². The molecule has 1 aliphatic heterocycles. The van der Waals surface area contributed by atoms with Crippen molar-refractivity contribution in [2.75, 3.05) is 14.2 Å². The lowest BCUT2D eigenvalue weighted by Crippen LogP contribution is -2.51. The molecule has 134 valence electrons. The Morgan fingerprint density at radius 1 is 1.08 bits per heavy atom. The molecule has 0 radical (unpaired) electrons. The molecule has 1 aliphatic rings. The van der Waals surface area contributed by atoms with Crippen molar-refractivity contribution in [3.8, 4) is 0 Å². The minimum Gasteiger partial charge on any atom is -0.468 e. The Balaban J connectivity index is 2.43. The number of benzene rings is 1. The van der Waals surface area contributed by atoms with E-state index in [2.05, 4.69) is 14.8 Å². The van der Waals surface area contributed by atoms with E-state index in [0.29, 0.717) is 0 Å². The highest BCUT2D eigenvalue weighted by Gasteiger charge is 2.48. The van der Waals surface area contributed by atoms with Crippen LogP contribution in [-0.4, -0.2) is 55.0 Å². The van der Waals surface area contributed by atoms with Gasteiger partial charge in [0.15, 0.2) is 5.92 Å². The molecule has 0 aromatic heterocycles. The molecule has 3 atom stereocenters. The highest BCUT2D eigenvalue weighted by molar-refractivity contribution is 6.06. The van der Waals surface area contributed by atoms with E-state index in [9.17, 15) is 19.2 Å². The molecule has 2 amide bonds. The fraction of sp³-hybridized carbons (Fsp3) is 0.412. The maximum absolute atomic E-state index is 13.0. The third-order valence-electron chi connectivity index (χ3n) is 4.13. The lowest BCUT2D eigenvalue weighted by molar-refractivity contribution is -0.161. The van der Waals surface area contributed by atoms with E-state index < -0.39 is 41.8 Å². The summed E-state index contributed by atoms with van der Waals surface area (Å²) in [6.45, 7) is 1.65. The molecule has 1 fully saturated rings. The van der Waals surface area contributed by atoms with Crippen LogP contribution < -0.4 is 5.32 Å². The number of esters is 2. The molecule has 1 aromatic carbocycles. The molecule has 8 heteroatoms. The topological polar surface area (TPSA) is 102 Å². The second kappa shape index (κ2) is 7.78. The summed E-state index contributed by atoms with van der Waals surface area (Å²) >= 11 is 0. The zero-order chi connectivity index (χ0) is 18.6. The maximum Gasteiger partial charge on any atom is 0.329 e. The van der Waals surface area contributed by atoms with Gasteiger partial charge in [0.2, 0.25) is 11.8 Å². The van der Waals surface area contributed by atoms with Gasteiger partial charge in [0.1, 0.15) is 12.1 Å². The molecule has 2 rings (SSSR count). The number of carbonyl (C=O) groups is 4. The summed E-state index contributed by atoms with van der Waals surface area (Å²) in [5.41, 5.74) is 0.788. The predicted octanol–water partition coefficient (Wildman–Crippen LogP) is -0.136. The number of carbonyl (C=O) groups excluding carboxylic acids is 4. The standard InChI is InChI=1S/C17H20N2O6/c1-10-14(20)18-13(17(23)25-3)12(16(22)24-2)15(21)19(10)9-11-7-5-4-6-8-11/h4-8,10,12-13H,9H2,1-3H3,(H,18,20)/t10?,12-,13+/m0/s1. The average Bonchev–Trinajstić information content (AvgIpc) is 2.72. The number of rotatable bonds is 4. The van der Waals surface area contributed by atoms with Gasteiger partial charge in [0.05, 0.1) is 14.2 Å². The van der Waals surface area contributed by atoms with Crippen LogP contribution in [0.4, 0.5) is 0 Å². The molecule has 1 saturated heterocycles. The number of hydrogen-bond acceptors (Lipinski definition) is 6. The first-order valence-electron chi connectivity index (χ1n) is 7.71. The van der Waals surface area contributed by atoms with Crippen molar-refractivity contribution >= 4 is 23.8 Å². The van der Waals surface area contributed by atoms with Crippen LogP contribution in [0.1, 0.15) is 12.5 Å². The Kier molecular flexibility index (Phi) is 5.74. The largest absolute Gasteiger partial charge is 0.468 e. The number of methoxy groups -OCH3 is 2. The molecule has 1 unspecified atom stereocenters. The van der Waals surface area contributed by atoms with Crippen molar-refractivity contribution in [1.29, 1.82) is 0 Å². The smallest absolute Gasteiger partial charge is 0.329 e. The van der Waals surface area contributed by atoms with E-state index in [4.69, 9.17) is 0 Å². The molecule has 1 aromatic rings. The predicted molar refractivity (Wildman–Crippen MR) is 85.9 cm³/mol. The zero-order valence-corrected chi connectivity index (χ0v) is 14.2. The van der Waals surface area contributed by atoms with Crippen molar-refractivity contribution in [3.63, 3.8) is 0 Å². The van der Waals surface area contributed by atoms with Crippen molar-refractivity contribution in [1.82, 2.24) is 10.2 Å². The van der Waals surface area contributed by atoms with Crippen molar-refractivity contribution in [3.05, 3.63) is 35.9 Å². The Labute approximate surface area is 145 Å². The molecule has 8 nitrogen and oxygen atoms in total. The Morgan fingerprint density at radius 3 is 2.24 bits per heavy atom. The van der Waals surface area contributed by atoms with Crippen molar-refractivity contribution < 1.29 is 28.7 Å². The number of amides is 2. The highest BCUT2D eigenvalue weighted by Crippen LogP contribution is 2.21. The van der Waals surface area contributed by atoms with Crippen LogP contribution in [0.25, 0.3) is 0 Å². The summed E-state index contributed by atoms with van der Waals surface area (Å²) in [7, 11) is 2.23. The summed E-state index contributed by atoms with van der Waals surface area (Å²) in [6, 6.07) is 6.74. The molecule has 25 heavy (non-hydrogen) atoms. The normalized spacial score (nSPS) is 23.5. The minimum absolute atomic E-state index is 0.121. The molecule has 0 bridgehead atoms. The van der Waals surface area contributed by atoms with E-state index in [-0.39, 0.29) is 6.54 Å². The van der Waals surface area contributed by atoms with Gasteiger partial charge in [-0.15, -0.1) is 0 Å². The summed E-state index contributed by atoms with van der Waals surface area (Å²) in [6.07, 6.45) is 0. The first-order valence-corrected chi connectivity index (χ1v) is 7.71. The van der Waals surface area contributed by atoms with Crippen LogP contribution >= 0.6 is 0 Å². The monoisotopic (exact) mass is 348 g/mol. The third-order valence-corrected chi connectivity index (χ3v) is 4.13. The van der Waals surface area contributed by atoms with E-state index in [1.54, 1.807) is 24.3 Å². The van der Waals surface area contributed by atoms with Crippen LogP contribution in [0, 0.1) is 5.92 Å². The molecule has 1 heterocycles. The van der Waals surface area contributed by atoms with Crippen molar-refractivity contribution in [2.45, 2.75) is 25.6 Å². The number of hydrogen-bond donors (Lipinski definition) is 1. The van der Waals surface area contributed by atoms with Gasteiger partial charge in [-0.2, -0.15) is 0 Å². The number of ether oxygens (including phenoxy) is 2. The van der Waals surface area contributed by atoms with Gasteiger partial charge in [-0.25, -0.2) is 4.79 Å². The van der Waals surface area contributed by atoms with Gasteiger partial charge < -0.3 is 19.7 Å². The fourth-order valence-corrected chi connectivity index (χ4v) is 2.69. The lowest BCUT2D eigenvalue weighted by atomic mass is 9.98. The minimum atomic E-state index is -1.50.